The molecular formula is C23H20N2O5. The van der Waals surface area contributed by atoms with E-state index in [1.165, 1.54) is 0 Å². The summed E-state index contributed by atoms with van der Waals surface area (Å²) in [6, 6.07) is 15.2. The molecule has 1 amide bonds. The predicted octanol–water partition coefficient (Wildman–Crippen LogP) is 4.12. The molecule has 0 bridgehead atoms. The molecule has 2 aromatic carbocycles. The number of anilines is 1. The van der Waals surface area contributed by atoms with Gasteiger partial charge in [0.25, 0.3) is 0 Å². The van der Waals surface area contributed by atoms with Gasteiger partial charge in [-0.15, -0.1) is 0 Å². The third-order valence-electron chi connectivity index (χ3n) is 5.82. The molecule has 0 unspecified atom stereocenters. The van der Waals surface area contributed by atoms with Crippen molar-refractivity contribution in [1.29, 1.82) is 0 Å². The highest BCUT2D eigenvalue weighted by molar-refractivity contribution is 6.01. The molecule has 0 atom stereocenters. The van der Waals surface area contributed by atoms with Crippen molar-refractivity contribution in [2.45, 2.75) is 18.3 Å². The lowest BCUT2D eigenvalue weighted by molar-refractivity contribution is -0.118. The van der Waals surface area contributed by atoms with Crippen LogP contribution in [0.3, 0.4) is 0 Å². The van der Waals surface area contributed by atoms with E-state index < -0.39 is 5.41 Å². The Morgan fingerprint density at radius 3 is 2.20 bits per heavy atom. The van der Waals surface area contributed by atoms with Crippen LogP contribution in [0.4, 0.5) is 5.82 Å². The fourth-order valence-corrected chi connectivity index (χ4v) is 3.92. The lowest BCUT2D eigenvalue weighted by atomic mass is 9.94. The molecule has 1 aromatic heterocycles. The maximum absolute atomic E-state index is 13.0. The third kappa shape index (κ3) is 2.74. The number of carbonyl (C=O) groups excluding carboxylic acids is 1. The van der Waals surface area contributed by atoms with E-state index >= 15 is 0 Å². The summed E-state index contributed by atoms with van der Waals surface area (Å²) >= 11 is 0. The SMILES string of the molecule is O=C(Nc1ccc(-c2ccc3c(c2)OCO3)cn1)C1(c2ccc3c(c2)OCO3)CC1.[HH]. The van der Waals surface area contributed by atoms with Crippen LogP contribution in [-0.4, -0.2) is 24.5 Å². The molecule has 1 N–H and O–H groups in total. The van der Waals surface area contributed by atoms with Gasteiger partial charge in [0, 0.05) is 13.2 Å². The molecular weight excluding hydrogens is 384 g/mol. The molecule has 7 heteroatoms. The van der Waals surface area contributed by atoms with Crippen LogP contribution in [-0.2, 0) is 10.2 Å². The Balaban J connectivity index is 0.00000204. The molecule has 30 heavy (non-hydrogen) atoms. The Morgan fingerprint density at radius 1 is 0.833 bits per heavy atom. The minimum absolute atomic E-state index is 0. The average Bonchev–Trinajstić information content (AvgIpc) is 3.23. The number of fused-ring (bicyclic) bond motifs is 2. The second-order valence-electron chi connectivity index (χ2n) is 7.60. The Morgan fingerprint density at radius 2 is 1.50 bits per heavy atom. The highest BCUT2D eigenvalue weighted by Crippen LogP contribution is 2.51. The number of aromatic nitrogens is 1. The van der Waals surface area contributed by atoms with Crippen LogP contribution in [0.15, 0.2) is 54.7 Å². The number of amides is 1. The van der Waals surface area contributed by atoms with E-state index in [9.17, 15) is 4.79 Å². The molecule has 152 valence electrons. The average molecular weight is 404 g/mol. The van der Waals surface area contributed by atoms with Crippen molar-refractivity contribution >= 4 is 11.7 Å². The summed E-state index contributed by atoms with van der Waals surface area (Å²) < 4.78 is 21.6. The first-order valence-corrected chi connectivity index (χ1v) is 9.79. The van der Waals surface area contributed by atoms with Crippen molar-refractivity contribution in [1.82, 2.24) is 4.98 Å². The number of hydrogen-bond acceptors (Lipinski definition) is 6. The zero-order valence-corrected chi connectivity index (χ0v) is 16.0. The quantitative estimate of drug-likeness (QED) is 0.705. The van der Waals surface area contributed by atoms with Crippen LogP contribution in [0.5, 0.6) is 23.0 Å². The number of pyridine rings is 1. The maximum Gasteiger partial charge on any atom is 0.236 e. The largest absolute Gasteiger partial charge is 0.454 e. The molecule has 7 nitrogen and oxygen atoms in total. The zero-order chi connectivity index (χ0) is 20.1. The number of nitrogens with one attached hydrogen (secondary N) is 1. The lowest BCUT2D eigenvalue weighted by Crippen LogP contribution is -2.28. The summed E-state index contributed by atoms with van der Waals surface area (Å²) in [6.45, 7) is 0.463. The maximum atomic E-state index is 13.0. The molecule has 1 fully saturated rings. The van der Waals surface area contributed by atoms with E-state index in [1.54, 1.807) is 6.20 Å². The van der Waals surface area contributed by atoms with E-state index in [2.05, 4.69) is 10.3 Å². The van der Waals surface area contributed by atoms with Gasteiger partial charge in [-0.1, -0.05) is 12.1 Å². The van der Waals surface area contributed by atoms with Gasteiger partial charge in [0.05, 0.1) is 5.41 Å². The molecule has 1 saturated carbocycles. The Kier molecular flexibility index (Phi) is 3.65. The number of benzene rings is 2. The van der Waals surface area contributed by atoms with E-state index in [0.29, 0.717) is 11.6 Å². The van der Waals surface area contributed by atoms with Gasteiger partial charge < -0.3 is 24.3 Å². The van der Waals surface area contributed by atoms with Gasteiger partial charge in [-0.05, 0) is 60.4 Å². The molecule has 3 heterocycles. The number of carbonyl (C=O) groups is 1. The summed E-state index contributed by atoms with van der Waals surface area (Å²) in [5.74, 6) is 3.35. The molecule has 6 rings (SSSR count). The van der Waals surface area contributed by atoms with Gasteiger partial charge in [-0.2, -0.15) is 0 Å². The Bertz CT molecular complexity index is 1160. The molecule has 0 radical (unpaired) electrons. The summed E-state index contributed by atoms with van der Waals surface area (Å²) in [5, 5.41) is 2.96. The zero-order valence-electron chi connectivity index (χ0n) is 16.0. The van der Waals surface area contributed by atoms with Gasteiger partial charge >= 0.3 is 0 Å². The lowest BCUT2D eigenvalue weighted by Gasteiger charge is -2.16. The van der Waals surface area contributed by atoms with Crippen LogP contribution in [0, 0.1) is 0 Å². The van der Waals surface area contributed by atoms with Crippen molar-refractivity contribution < 1.29 is 25.2 Å². The van der Waals surface area contributed by atoms with E-state index in [-0.39, 0.29) is 20.9 Å². The monoisotopic (exact) mass is 404 g/mol. The number of rotatable bonds is 4. The molecule has 3 aromatic rings. The van der Waals surface area contributed by atoms with Crippen LogP contribution in [0.2, 0.25) is 0 Å². The molecule has 2 aliphatic heterocycles. The normalized spacial score (nSPS) is 16.9. The molecule has 0 saturated heterocycles. The number of ether oxygens (including phenoxy) is 4. The van der Waals surface area contributed by atoms with Crippen LogP contribution in [0.1, 0.15) is 19.8 Å². The van der Waals surface area contributed by atoms with Gasteiger partial charge in [0.1, 0.15) is 5.82 Å². The van der Waals surface area contributed by atoms with Crippen LogP contribution >= 0.6 is 0 Å². The van der Waals surface area contributed by atoms with Crippen molar-refractivity contribution in [2.24, 2.45) is 0 Å². The topological polar surface area (TPSA) is 78.9 Å². The van der Waals surface area contributed by atoms with Gasteiger partial charge in [0.2, 0.25) is 19.5 Å². The highest BCUT2D eigenvalue weighted by atomic mass is 16.7. The standard InChI is InChI=1S/C23H18N2O5.H2/c26-22(23(7-8-23)16-3-5-18-20(10-16)30-13-28-18)25-21-6-2-15(11-24-21)14-1-4-17-19(9-14)29-12-27-17;/h1-6,9-11H,7-8,12-13H2,(H,24,25,26);1H. The van der Waals surface area contributed by atoms with Gasteiger partial charge in [-0.3, -0.25) is 4.79 Å². The van der Waals surface area contributed by atoms with E-state index in [4.69, 9.17) is 18.9 Å². The molecule has 0 spiro atoms. The van der Waals surface area contributed by atoms with Crippen molar-refractivity contribution in [3.8, 4) is 34.1 Å². The third-order valence-corrected chi connectivity index (χ3v) is 5.82. The smallest absolute Gasteiger partial charge is 0.236 e. The second-order valence-corrected chi connectivity index (χ2v) is 7.60. The van der Waals surface area contributed by atoms with Gasteiger partial charge in [0.15, 0.2) is 23.0 Å². The number of hydrogen-bond donors (Lipinski definition) is 1. The highest BCUT2D eigenvalue weighted by Gasteiger charge is 2.51. The summed E-state index contributed by atoms with van der Waals surface area (Å²) in [4.78, 5) is 17.5. The summed E-state index contributed by atoms with van der Waals surface area (Å²) in [5.41, 5.74) is 2.33. The Hall–Kier alpha value is -3.74. The summed E-state index contributed by atoms with van der Waals surface area (Å²) in [7, 11) is 0. The second kappa shape index (κ2) is 6.38. The summed E-state index contributed by atoms with van der Waals surface area (Å²) in [6.07, 6.45) is 3.34. The molecule has 3 aliphatic rings. The first-order valence-electron chi connectivity index (χ1n) is 9.79. The van der Waals surface area contributed by atoms with E-state index in [0.717, 1.165) is 46.8 Å². The Labute approximate surface area is 174 Å². The first-order chi connectivity index (χ1) is 14.7. The molecule has 1 aliphatic carbocycles. The van der Waals surface area contributed by atoms with Crippen molar-refractivity contribution in [2.75, 3.05) is 18.9 Å². The van der Waals surface area contributed by atoms with Crippen LogP contribution in [0.25, 0.3) is 11.1 Å². The van der Waals surface area contributed by atoms with E-state index in [1.807, 2.05) is 48.5 Å². The minimum Gasteiger partial charge on any atom is -0.454 e. The van der Waals surface area contributed by atoms with Crippen LogP contribution < -0.4 is 24.3 Å². The fraction of sp³-hybridized carbons (Fsp3) is 0.217. The van der Waals surface area contributed by atoms with Crippen molar-refractivity contribution in [3.63, 3.8) is 0 Å². The first kappa shape index (κ1) is 17.1. The fourth-order valence-electron chi connectivity index (χ4n) is 3.92. The number of nitrogens with zero attached hydrogens (tertiary/aromatic N) is 1. The van der Waals surface area contributed by atoms with Crippen molar-refractivity contribution in [3.05, 3.63) is 60.3 Å². The minimum atomic E-state index is -0.529. The van der Waals surface area contributed by atoms with Gasteiger partial charge in [-0.25, -0.2) is 4.98 Å². The predicted molar refractivity (Wildman–Crippen MR) is 110 cm³/mol.